The lowest BCUT2D eigenvalue weighted by atomic mass is 9.95. The SMILES string of the molecule is C=CCC/C(F)=C(\F)c1ccc(-c2cc(F)c(-c3cc(F)c(CCc4cc(F)c(C(F)(F)F)c(F)c4)c(F)c3)c(F)c2)cc1. The van der Waals surface area contributed by atoms with Gasteiger partial charge in [-0.3, -0.25) is 0 Å². The minimum absolute atomic E-state index is 0.000358. The maximum Gasteiger partial charge on any atom is 0.422 e. The molecule has 0 bridgehead atoms. The van der Waals surface area contributed by atoms with E-state index in [0.29, 0.717) is 24.3 Å². The Morgan fingerprint density at radius 2 is 1.16 bits per heavy atom. The van der Waals surface area contributed by atoms with E-state index in [-0.39, 0.29) is 35.1 Å². The smallest absolute Gasteiger partial charge is 0.209 e. The van der Waals surface area contributed by atoms with E-state index in [9.17, 15) is 39.5 Å². The first-order valence-electron chi connectivity index (χ1n) is 13.0. The molecule has 0 radical (unpaired) electrons. The number of hydrogen-bond acceptors (Lipinski definition) is 0. The maximum absolute atomic E-state index is 15.1. The lowest BCUT2D eigenvalue weighted by Gasteiger charge is -2.13. The number of alkyl halides is 3. The molecule has 0 aliphatic carbocycles. The number of benzene rings is 4. The van der Waals surface area contributed by atoms with Crippen molar-refractivity contribution in [2.24, 2.45) is 0 Å². The van der Waals surface area contributed by atoms with Crippen LogP contribution in [0.3, 0.4) is 0 Å². The van der Waals surface area contributed by atoms with E-state index in [0.717, 1.165) is 12.1 Å². The van der Waals surface area contributed by atoms with Gasteiger partial charge in [-0.1, -0.05) is 30.3 Å². The quantitative estimate of drug-likeness (QED) is 0.128. The summed E-state index contributed by atoms with van der Waals surface area (Å²) < 4.78 is 154. The molecule has 0 fully saturated rings. The maximum atomic E-state index is 15.1. The van der Waals surface area contributed by atoms with Gasteiger partial charge in [0.15, 0.2) is 5.83 Å². The molecule has 0 saturated heterocycles. The fourth-order valence-corrected chi connectivity index (χ4v) is 4.62. The van der Waals surface area contributed by atoms with E-state index in [1.165, 1.54) is 30.3 Å². The Hall–Kier alpha value is -4.41. The molecule has 4 aromatic carbocycles. The summed E-state index contributed by atoms with van der Waals surface area (Å²) in [5.41, 5.74) is -4.13. The molecule has 0 spiro atoms. The van der Waals surface area contributed by atoms with Gasteiger partial charge in [0, 0.05) is 17.5 Å². The summed E-state index contributed by atoms with van der Waals surface area (Å²) in [6, 6.07) is 8.97. The molecule has 44 heavy (non-hydrogen) atoms. The fraction of sp³-hybridized carbons (Fsp3) is 0.152. The largest absolute Gasteiger partial charge is 0.422 e. The molecule has 0 saturated carbocycles. The Balaban J connectivity index is 1.57. The van der Waals surface area contributed by atoms with Crippen molar-refractivity contribution in [3.63, 3.8) is 0 Å². The van der Waals surface area contributed by atoms with Crippen molar-refractivity contribution < 1.29 is 48.3 Å². The summed E-state index contributed by atoms with van der Waals surface area (Å²) in [6.45, 7) is 3.43. The highest BCUT2D eigenvalue weighted by atomic mass is 19.4. The Labute approximate surface area is 244 Å². The van der Waals surface area contributed by atoms with Crippen molar-refractivity contribution in [2.45, 2.75) is 31.9 Å². The van der Waals surface area contributed by atoms with Gasteiger partial charge >= 0.3 is 6.18 Å². The van der Waals surface area contributed by atoms with Gasteiger partial charge in [-0.15, -0.1) is 6.58 Å². The van der Waals surface area contributed by atoms with Crippen LogP contribution in [0.25, 0.3) is 28.1 Å². The Morgan fingerprint density at radius 1 is 0.636 bits per heavy atom. The Morgan fingerprint density at radius 3 is 1.66 bits per heavy atom. The molecular weight excluding hydrogens is 605 g/mol. The summed E-state index contributed by atoms with van der Waals surface area (Å²) >= 11 is 0. The first-order valence-corrected chi connectivity index (χ1v) is 13.0. The summed E-state index contributed by atoms with van der Waals surface area (Å²) in [7, 11) is 0. The molecule has 0 N–H and O–H groups in total. The average Bonchev–Trinajstić information content (AvgIpc) is 2.93. The van der Waals surface area contributed by atoms with Gasteiger partial charge < -0.3 is 0 Å². The van der Waals surface area contributed by atoms with E-state index >= 15 is 8.78 Å². The van der Waals surface area contributed by atoms with E-state index < -0.39 is 87.8 Å². The minimum atomic E-state index is -5.28. The van der Waals surface area contributed by atoms with E-state index in [2.05, 4.69) is 6.58 Å². The van der Waals surface area contributed by atoms with Crippen LogP contribution in [0.2, 0.25) is 0 Å². The molecule has 11 heteroatoms. The standard InChI is InChI=1S/C33H21F11/c1-2-3-4-23(34)32(41)19-8-6-18(7-9-19)20-13-26(37)30(27(38)14-20)21-15-24(35)22(25(36)16-21)10-5-17-11-28(39)31(29(40)12-17)33(42,43)44/h2,6-9,11-16H,1,3-5,10H2/b32-23+. The molecule has 0 heterocycles. The van der Waals surface area contributed by atoms with Crippen LogP contribution >= 0.6 is 0 Å². The van der Waals surface area contributed by atoms with Crippen molar-refractivity contribution in [1.82, 2.24) is 0 Å². The predicted octanol–water partition coefficient (Wildman–Crippen LogP) is 11.2. The third kappa shape index (κ3) is 7.03. The predicted molar refractivity (Wildman–Crippen MR) is 144 cm³/mol. The average molecular weight is 627 g/mol. The third-order valence-corrected chi connectivity index (χ3v) is 6.80. The molecule has 230 valence electrons. The zero-order valence-electron chi connectivity index (χ0n) is 22.5. The van der Waals surface area contributed by atoms with Crippen LogP contribution in [0, 0.1) is 34.9 Å². The van der Waals surface area contributed by atoms with Gasteiger partial charge in [-0.25, -0.2) is 35.1 Å². The third-order valence-electron chi connectivity index (χ3n) is 6.80. The number of hydrogen-bond donors (Lipinski definition) is 0. The summed E-state index contributed by atoms with van der Waals surface area (Å²) in [5, 5.41) is 0. The summed E-state index contributed by atoms with van der Waals surface area (Å²) in [4.78, 5) is 0. The number of halogens is 11. The summed E-state index contributed by atoms with van der Waals surface area (Å²) in [6.07, 6.45) is -4.79. The van der Waals surface area contributed by atoms with Gasteiger partial charge in [0.2, 0.25) is 0 Å². The highest BCUT2D eigenvalue weighted by molar-refractivity contribution is 5.73. The highest BCUT2D eigenvalue weighted by Gasteiger charge is 2.37. The minimum Gasteiger partial charge on any atom is -0.209 e. The van der Waals surface area contributed by atoms with E-state index in [1.54, 1.807) is 0 Å². The zero-order valence-corrected chi connectivity index (χ0v) is 22.5. The van der Waals surface area contributed by atoms with Crippen molar-refractivity contribution in [3.8, 4) is 22.3 Å². The molecular formula is C33H21F11. The fourth-order valence-electron chi connectivity index (χ4n) is 4.62. The second-order valence-electron chi connectivity index (χ2n) is 9.79. The van der Waals surface area contributed by atoms with E-state index in [1.807, 2.05) is 0 Å². The van der Waals surface area contributed by atoms with Crippen LogP contribution in [0.1, 0.15) is 35.1 Å². The molecule has 0 aliphatic heterocycles. The van der Waals surface area contributed by atoms with Crippen LogP contribution in [0.15, 0.2) is 79.1 Å². The van der Waals surface area contributed by atoms with Crippen LogP contribution in [0.4, 0.5) is 48.3 Å². The molecule has 0 nitrogen and oxygen atoms in total. The zero-order chi connectivity index (χ0) is 32.3. The van der Waals surface area contributed by atoms with Gasteiger partial charge in [0.05, 0.1) is 5.56 Å². The molecule has 0 unspecified atom stereocenters. The second kappa shape index (κ2) is 13.1. The van der Waals surface area contributed by atoms with Gasteiger partial charge in [-0.05, 0) is 77.9 Å². The summed E-state index contributed by atoms with van der Waals surface area (Å²) in [5.74, 6) is -10.7. The molecule has 0 aliphatic rings. The second-order valence-corrected chi connectivity index (χ2v) is 9.79. The van der Waals surface area contributed by atoms with Crippen molar-refractivity contribution >= 4 is 5.83 Å². The van der Waals surface area contributed by atoms with Crippen molar-refractivity contribution in [2.75, 3.05) is 0 Å². The molecule has 0 amide bonds. The molecule has 4 aromatic rings. The van der Waals surface area contributed by atoms with Crippen LogP contribution in [-0.4, -0.2) is 0 Å². The number of rotatable bonds is 9. The van der Waals surface area contributed by atoms with Crippen LogP contribution < -0.4 is 0 Å². The normalized spacial score (nSPS) is 12.3. The van der Waals surface area contributed by atoms with Gasteiger partial charge in [0.25, 0.3) is 0 Å². The van der Waals surface area contributed by atoms with Crippen LogP contribution in [0.5, 0.6) is 0 Å². The lowest BCUT2D eigenvalue weighted by molar-refractivity contribution is -0.142. The van der Waals surface area contributed by atoms with Crippen molar-refractivity contribution in [1.29, 1.82) is 0 Å². The van der Waals surface area contributed by atoms with Gasteiger partial charge in [0.1, 0.15) is 46.3 Å². The first-order chi connectivity index (χ1) is 20.7. The molecule has 4 rings (SSSR count). The number of allylic oxidation sites excluding steroid dienone is 2. The van der Waals surface area contributed by atoms with E-state index in [4.69, 9.17) is 0 Å². The lowest BCUT2D eigenvalue weighted by Crippen LogP contribution is -2.12. The Kier molecular flexibility index (Phi) is 9.66. The topological polar surface area (TPSA) is 0 Å². The molecule has 0 atom stereocenters. The van der Waals surface area contributed by atoms with Crippen LogP contribution in [-0.2, 0) is 19.0 Å². The monoisotopic (exact) mass is 626 g/mol. The molecule has 0 aromatic heterocycles. The Bertz CT molecular complexity index is 1660. The first kappa shape index (κ1) is 32.5. The highest BCUT2D eigenvalue weighted by Crippen LogP contribution is 2.36. The number of aryl methyl sites for hydroxylation is 1. The van der Waals surface area contributed by atoms with Gasteiger partial charge in [-0.2, -0.15) is 13.2 Å². The van der Waals surface area contributed by atoms with Crippen molar-refractivity contribution in [3.05, 3.63) is 136 Å².